The van der Waals surface area contributed by atoms with E-state index in [4.69, 9.17) is 27.9 Å². The number of halogens is 2. The van der Waals surface area contributed by atoms with Gasteiger partial charge in [-0.05, 0) is 50.7 Å². The summed E-state index contributed by atoms with van der Waals surface area (Å²) in [4.78, 5) is 24.8. The molecule has 1 saturated heterocycles. The molecular formula is C19H24Cl2N2O3. The van der Waals surface area contributed by atoms with E-state index in [0.29, 0.717) is 35.1 Å². The molecule has 26 heavy (non-hydrogen) atoms. The van der Waals surface area contributed by atoms with Gasteiger partial charge >= 0.3 is 0 Å². The number of hydrogen-bond acceptors (Lipinski definition) is 3. The Labute approximate surface area is 163 Å². The zero-order chi connectivity index (χ0) is 18.5. The van der Waals surface area contributed by atoms with Gasteiger partial charge < -0.3 is 15.4 Å². The minimum absolute atomic E-state index is 0.0183. The van der Waals surface area contributed by atoms with Gasteiger partial charge in [0.2, 0.25) is 11.8 Å². The van der Waals surface area contributed by atoms with Crippen LogP contribution < -0.4 is 10.6 Å². The van der Waals surface area contributed by atoms with Gasteiger partial charge in [0.25, 0.3) is 0 Å². The van der Waals surface area contributed by atoms with E-state index < -0.39 is 0 Å². The third kappa shape index (κ3) is 4.90. The number of benzene rings is 1. The largest absolute Gasteiger partial charge is 0.376 e. The summed E-state index contributed by atoms with van der Waals surface area (Å²) in [6.45, 7) is 1.38. The maximum absolute atomic E-state index is 12.5. The first-order valence-corrected chi connectivity index (χ1v) is 9.94. The third-order valence-corrected chi connectivity index (χ3v) is 6.03. The van der Waals surface area contributed by atoms with E-state index in [1.807, 2.05) is 0 Å². The molecule has 2 amide bonds. The van der Waals surface area contributed by atoms with Gasteiger partial charge in [0, 0.05) is 25.0 Å². The minimum Gasteiger partial charge on any atom is -0.376 e. The predicted molar refractivity (Wildman–Crippen MR) is 103 cm³/mol. The van der Waals surface area contributed by atoms with Gasteiger partial charge in [-0.2, -0.15) is 0 Å². The second kappa shape index (κ2) is 9.07. The highest BCUT2D eigenvalue weighted by atomic mass is 35.5. The Kier molecular flexibility index (Phi) is 6.79. The van der Waals surface area contributed by atoms with Gasteiger partial charge in [-0.15, -0.1) is 0 Å². The first kappa shape index (κ1) is 19.5. The highest BCUT2D eigenvalue weighted by molar-refractivity contribution is 6.44. The Morgan fingerprint density at radius 1 is 1.04 bits per heavy atom. The normalized spacial score (nSPS) is 25.7. The van der Waals surface area contributed by atoms with Crippen LogP contribution in [0.4, 0.5) is 5.69 Å². The topological polar surface area (TPSA) is 67.4 Å². The van der Waals surface area contributed by atoms with Crippen molar-refractivity contribution in [2.45, 2.75) is 44.6 Å². The molecule has 1 aliphatic heterocycles. The lowest BCUT2D eigenvalue weighted by molar-refractivity contribution is -0.128. The molecule has 0 aromatic heterocycles. The summed E-state index contributed by atoms with van der Waals surface area (Å²) in [5, 5.41) is 6.61. The van der Waals surface area contributed by atoms with Gasteiger partial charge in [0.05, 0.1) is 21.8 Å². The van der Waals surface area contributed by atoms with Crippen LogP contribution in [0.2, 0.25) is 10.0 Å². The van der Waals surface area contributed by atoms with Crippen molar-refractivity contribution in [1.29, 1.82) is 0 Å². The maximum Gasteiger partial charge on any atom is 0.227 e. The lowest BCUT2D eigenvalue weighted by Crippen LogP contribution is -2.38. The molecular weight excluding hydrogens is 375 g/mol. The summed E-state index contributed by atoms with van der Waals surface area (Å²) < 4.78 is 5.53. The Bertz CT molecular complexity index is 654. The van der Waals surface area contributed by atoms with Crippen molar-refractivity contribution < 1.29 is 14.3 Å². The number of hydrogen-bond donors (Lipinski definition) is 2. The summed E-state index contributed by atoms with van der Waals surface area (Å²) in [6.07, 6.45) is 5.07. The molecule has 1 unspecified atom stereocenters. The monoisotopic (exact) mass is 398 g/mol. The van der Waals surface area contributed by atoms with Crippen molar-refractivity contribution >= 4 is 40.7 Å². The molecule has 0 spiro atoms. The zero-order valence-electron chi connectivity index (χ0n) is 14.6. The first-order valence-electron chi connectivity index (χ1n) is 9.19. The van der Waals surface area contributed by atoms with Crippen molar-refractivity contribution in [3.8, 4) is 0 Å². The first-order chi connectivity index (χ1) is 12.5. The van der Waals surface area contributed by atoms with Crippen LogP contribution in [0, 0.1) is 11.8 Å². The molecule has 7 heteroatoms. The standard InChI is InChI=1S/C19H24Cl2N2O3/c20-15-4-1-5-16(17(15)21)23-19(25)13-8-6-12(7-9-13)18(24)22-11-14-3-2-10-26-14/h1,4-5,12-14H,2-3,6-11H2,(H,22,24)(H,23,25). The Hall–Kier alpha value is -1.30. The minimum atomic E-state index is -0.104. The van der Waals surface area contributed by atoms with Gasteiger partial charge in [0.1, 0.15) is 0 Å². The fourth-order valence-electron chi connectivity index (χ4n) is 3.62. The zero-order valence-corrected chi connectivity index (χ0v) is 16.1. The highest BCUT2D eigenvalue weighted by Gasteiger charge is 2.30. The van der Waals surface area contributed by atoms with E-state index >= 15 is 0 Å². The van der Waals surface area contributed by atoms with Crippen molar-refractivity contribution in [3.63, 3.8) is 0 Å². The molecule has 1 aromatic carbocycles. The van der Waals surface area contributed by atoms with E-state index in [0.717, 1.165) is 32.3 Å². The highest BCUT2D eigenvalue weighted by Crippen LogP contribution is 2.33. The average Bonchev–Trinajstić information content (AvgIpc) is 3.17. The van der Waals surface area contributed by atoms with E-state index in [1.165, 1.54) is 0 Å². The molecule has 1 aliphatic carbocycles. The molecule has 0 bridgehead atoms. The molecule has 1 heterocycles. The van der Waals surface area contributed by atoms with Crippen LogP contribution in [0.5, 0.6) is 0 Å². The number of ether oxygens (including phenoxy) is 1. The molecule has 1 saturated carbocycles. The number of nitrogens with one attached hydrogen (secondary N) is 2. The van der Waals surface area contributed by atoms with Crippen molar-refractivity contribution in [3.05, 3.63) is 28.2 Å². The molecule has 3 rings (SSSR count). The number of rotatable bonds is 5. The predicted octanol–water partition coefficient (Wildman–Crippen LogP) is 4.03. The second-order valence-corrected chi connectivity index (χ2v) is 7.80. The Morgan fingerprint density at radius 2 is 1.73 bits per heavy atom. The summed E-state index contributed by atoms with van der Waals surface area (Å²) in [7, 11) is 0. The molecule has 2 fully saturated rings. The molecule has 1 aromatic rings. The van der Waals surface area contributed by atoms with Crippen LogP contribution in [0.3, 0.4) is 0 Å². The van der Waals surface area contributed by atoms with Crippen molar-refractivity contribution in [2.24, 2.45) is 11.8 Å². The summed E-state index contributed by atoms with van der Waals surface area (Å²) >= 11 is 12.1. The summed E-state index contributed by atoms with van der Waals surface area (Å²) in [6, 6.07) is 5.16. The third-order valence-electron chi connectivity index (χ3n) is 5.21. The van der Waals surface area contributed by atoms with Gasteiger partial charge in [-0.3, -0.25) is 9.59 Å². The molecule has 2 N–H and O–H groups in total. The SMILES string of the molecule is O=C(NCC1CCCO1)C1CCC(C(=O)Nc2cccc(Cl)c2Cl)CC1. The number of anilines is 1. The van der Waals surface area contributed by atoms with Crippen LogP contribution in [0.25, 0.3) is 0 Å². The Balaban J connectivity index is 1.44. The maximum atomic E-state index is 12.5. The lowest BCUT2D eigenvalue weighted by Gasteiger charge is -2.27. The molecule has 142 valence electrons. The van der Waals surface area contributed by atoms with Crippen LogP contribution in [0.1, 0.15) is 38.5 Å². The van der Waals surface area contributed by atoms with Gasteiger partial charge in [0.15, 0.2) is 0 Å². The quantitative estimate of drug-likeness (QED) is 0.786. The fourth-order valence-corrected chi connectivity index (χ4v) is 3.96. The number of carbonyl (C=O) groups is 2. The number of amides is 2. The van der Waals surface area contributed by atoms with Crippen LogP contribution >= 0.6 is 23.2 Å². The van der Waals surface area contributed by atoms with E-state index in [-0.39, 0.29) is 29.8 Å². The molecule has 1 atom stereocenters. The average molecular weight is 399 g/mol. The van der Waals surface area contributed by atoms with E-state index in [9.17, 15) is 9.59 Å². The summed E-state index contributed by atoms with van der Waals surface area (Å²) in [5.74, 6) is -0.105. The fraction of sp³-hybridized carbons (Fsp3) is 0.579. The molecule has 2 aliphatic rings. The van der Waals surface area contributed by atoms with Crippen molar-refractivity contribution in [1.82, 2.24) is 5.32 Å². The van der Waals surface area contributed by atoms with Crippen LogP contribution in [-0.4, -0.2) is 31.1 Å². The molecule has 0 radical (unpaired) electrons. The molecule has 5 nitrogen and oxygen atoms in total. The number of carbonyl (C=O) groups excluding carboxylic acids is 2. The second-order valence-electron chi connectivity index (χ2n) is 7.02. The summed E-state index contributed by atoms with van der Waals surface area (Å²) in [5.41, 5.74) is 0.528. The van der Waals surface area contributed by atoms with Gasteiger partial charge in [-0.1, -0.05) is 29.3 Å². The van der Waals surface area contributed by atoms with Gasteiger partial charge in [-0.25, -0.2) is 0 Å². The van der Waals surface area contributed by atoms with Crippen molar-refractivity contribution in [2.75, 3.05) is 18.5 Å². The van der Waals surface area contributed by atoms with E-state index in [1.54, 1.807) is 18.2 Å². The van der Waals surface area contributed by atoms with E-state index in [2.05, 4.69) is 10.6 Å². The smallest absolute Gasteiger partial charge is 0.227 e. The Morgan fingerprint density at radius 3 is 2.38 bits per heavy atom. The van der Waals surface area contributed by atoms with Crippen LogP contribution in [-0.2, 0) is 14.3 Å². The van der Waals surface area contributed by atoms with Crippen LogP contribution in [0.15, 0.2) is 18.2 Å². The lowest BCUT2D eigenvalue weighted by atomic mass is 9.81.